The van der Waals surface area contributed by atoms with Gasteiger partial charge in [0.15, 0.2) is 5.96 Å². The van der Waals surface area contributed by atoms with Crippen molar-refractivity contribution in [3.05, 3.63) is 35.4 Å². The van der Waals surface area contributed by atoms with Crippen LogP contribution in [0.5, 0.6) is 0 Å². The maximum atomic E-state index is 13.1. The van der Waals surface area contributed by atoms with Crippen molar-refractivity contribution in [1.82, 2.24) is 10.6 Å². The highest BCUT2D eigenvalue weighted by Gasteiger charge is 2.40. The van der Waals surface area contributed by atoms with Gasteiger partial charge in [0.05, 0.1) is 18.3 Å². The first-order valence-electron chi connectivity index (χ1n) is 10.2. The lowest BCUT2D eigenvalue weighted by molar-refractivity contribution is -0.137. The van der Waals surface area contributed by atoms with E-state index in [4.69, 9.17) is 9.47 Å². The van der Waals surface area contributed by atoms with Crippen LogP contribution in [0, 0.1) is 0 Å². The van der Waals surface area contributed by atoms with Gasteiger partial charge in [0, 0.05) is 38.8 Å². The van der Waals surface area contributed by atoms with Gasteiger partial charge in [-0.1, -0.05) is 24.6 Å². The van der Waals surface area contributed by atoms with Crippen molar-refractivity contribution in [2.75, 3.05) is 40.0 Å². The number of hydrogen-bond acceptors (Lipinski definition) is 3. The second-order valence-corrected chi connectivity index (χ2v) is 7.77. The molecule has 9 heteroatoms. The SMILES string of the molecule is CN=C(NCCCOC1CCOC1)NCC1(c2cccc(C(F)(F)F)c2)CCC1.I. The second kappa shape index (κ2) is 11.5. The van der Waals surface area contributed by atoms with E-state index in [0.717, 1.165) is 50.3 Å². The van der Waals surface area contributed by atoms with Crippen molar-refractivity contribution in [2.24, 2.45) is 4.99 Å². The van der Waals surface area contributed by atoms with Gasteiger partial charge in [0.25, 0.3) is 0 Å². The van der Waals surface area contributed by atoms with Crippen molar-refractivity contribution in [3.8, 4) is 0 Å². The summed E-state index contributed by atoms with van der Waals surface area (Å²) in [6, 6.07) is 5.72. The van der Waals surface area contributed by atoms with Crippen molar-refractivity contribution in [1.29, 1.82) is 0 Å². The highest BCUT2D eigenvalue weighted by Crippen LogP contribution is 2.44. The summed E-state index contributed by atoms with van der Waals surface area (Å²) < 4.78 is 50.3. The highest BCUT2D eigenvalue weighted by atomic mass is 127. The molecule has 3 rings (SSSR count). The largest absolute Gasteiger partial charge is 0.416 e. The minimum absolute atomic E-state index is 0. The average Bonchev–Trinajstić information content (AvgIpc) is 3.18. The Morgan fingerprint density at radius 3 is 2.70 bits per heavy atom. The molecule has 0 aromatic heterocycles. The summed E-state index contributed by atoms with van der Waals surface area (Å²) in [7, 11) is 1.69. The molecule has 2 aliphatic rings. The van der Waals surface area contributed by atoms with Gasteiger partial charge in [-0.2, -0.15) is 13.2 Å². The zero-order chi connectivity index (χ0) is 20.7. The molecule has 1 atom stereocenters. The molecule has 1 unspecified atom stereocenters. The molecule has 0 bridgehead atoms. The van der Waals surface area contributed by atoms with Gasteiger partial charge in [0.2, 0.25) is 0 Å². The Balaban J connectivity index is 0.00000320. The third-order valence-electron chi connectivity index (χ3n) is 5.79. The molecule has 1 aliphatic heterocycles. The monoisotopic (exact) mass is 541 g/mol. The quantitative estimate of drug-likeness (QED) is 0.225. The number of nitrogens with one attached hydrogen (secondary N) is 2. The Bertz CT molecular complexity index is 690. The molecule has 1 aromatic rings. The normalized spacial score (nSPS) is 20.9. The Labute approximate surface area is 193 Å². The number of rotatable bonds is 8. The van der Waals surface area contributed by atoms with E-state index < -0.39 is 11.7 Å². The van der Waals surface area contributed by atoms with E-state index in [1.807, 2.05) is 0 Å². The van der Waals surface area contributed by atoms with Crippen molar-refractivity contribution in [3.63, 3.8) is 0 Å². The fourth-order valence-electron chi connectivity index (χ4n) is 3.84. The fourth-order valence-corrected chi connectivity index (χ4v) is 3.84. The molecule has 1 aliphatic carbocycles. The molecule has 30 heavy (non-hydrogen) atoms. The van der Waals surface area contributed by atoms with E-state index >= 15 is 0 Å². The van der Waals surface area contributed by atoms with Gasteiger partial charge in [-0.05, 0) is 37.3 Å². The number of halogens is 4. The van der Waals surface area contributed by atoms with Crippen LogP contribution in [0.4, 0.5) is 13.2 Å². The predicted octanol–water partition coefficient (Wildman–Crippen LogP) is 4.11. The molecule has 1 heterocycles. The molecule has 170 valence electrons. The topological polar surface area (TPSA) is 54.9 Å². The standard InChI is InChI=1S/C21H30F3N3O2.HI/c1-25-19(26-10-4-11-29-18-7-12-28-14-18)27-15-20(8-3-9-20)16-5-2-6-17(13-16)21(22,23)24;/h2,5-6,13,18H,3-4,7-12,14-15H2,1H3,(H2,25,26,27);1H. The summed E-state index contributed by atoms with van der Waals surface area (Å²) in [5.74, 6) is 0.660. The molecular formula is C21H31F3IN3O2. The third kappa shape index (κ3) is 6.71. The number of alkyl halides is 3. The van der Waals surface area contributed by atoms with Gasteiger partial charge in [-0.25, -0.2) is 0 Å². The summed E-state index contributed by atoms with van der Waals surface area (Å²) in [6.07, 6.45) is 0.443. The second-order valence-electron chi connectivity index (χ2n) is 7.77. The van der Waals surface area contributed by atoms with E-state index in [0.29, 0.717) is 32.3 Å². The third-order valence-corrected chi connectivity index (χ3v) is 5.79. The molecule has 1 saturated carbocycles. The van der Waals surface area contributed by atoms with Gasteiger partial charge >= 0.3 is 6.18 Å². The lowest BCUT2D eigenvalue weighted by atomic mass is 9.64. The Hall–Kier alpha value is -1.07. The Kier molecular flexibility index (Phi) is 9.67. The van der Waals surface area contributed by atoms with Crippen molar-refractivity contribution in [2.45, 2.75) is 49.8 Å². The molecule has 2 N–H and O–H groups in total. The number of aliphatic imine (C=N–C) groups is 1. The molecule has 2 fully saturated rings. The maximum absolute atomic E-state index is 13.1. The average molecular weight is 541 g/mol. The Morgan fingerprint density at radius 2 is 2.10 bits per heavy atom. The van der Waals surface area contributed by atoms with Gasteiger partial charge in [-0.3, -0.25) is 4.99 Å². The first-order valence-corrected chi connectivity index (χ1v) is 10.2. The van der Waals surface area contributed by atoms with E-state index in [-0.39, 0.29) is 35.5 Å². The van der Waals surface area contributed by atoms with Crippen LogP contribution in [0.2, 0.25) is 0 Å². The van der Waals surface area contributed by atoms with Crippen LogP contribution in [0.1, 0.15) is 43.2 Å². The van der Waals surface area contributed by atoms with Crippen molar-refractivity contribution < 1.29 is 22.6 Å². The van der Waals surface area contributed by atoms with Crippen LogP contribution in [-0.4, -0.2) is 52.0 Å². The summed E-state index contributed by atoms with van der Waals surface area (Å²) in [5, 5.41) is 6.55. The van der Waals surface area contributed by atoms with E-state index in [1.165, 1.54) is 12.1 Å². The summed E-state index contributed by atoms with van der Waals surface area (Å²) in [6.45, 7) is 3.38. The van der Waals surface area contributed by atoms with E-state index in [9.17, 15) is 13.2 Å². The van der Waals surface area contributed by atoms with Crippen LogP contribution in [0.15, 0.2) is 29.3 Å². The van der Waals surface area contributed by atoms with Crippen LogP contribution in [-0.2, 0) is 21.1 Å². The minimum atomic E-state index is -4.32. The maximum Gasteiger partial charge on any atom is 0.416 e. The first kappa shape index (κ1) is 25.2. The van der Waals surface area contributed by atoms with Crippen LogP contribution >= 0.6 is 24.0 Å². The van der Waals surface area contributed by atoms with Crippen molar-refractivity contribution >= 4 is 29.9 Å². The number of hydrogen-bond donors (Lipinski definition) is 2. The number of nitrogens with zero attached hydrogens (tertiary/aromatic N) is 1. The molecule has 0 amide bonds. The lowest BCUT2D eigenvalue weighted by Crippen LogP contribution is -2.49. The Morgan fingerprint density at radius 1 is 1.30 bits per heavy atom. The number of guanidine groups is 1. The molecule has 1 aromatic carbocycles. The van der Waals surface area contributed by atoms with Gasteiger partial charge in [-0.15, -0.1) is 24.0 Å². The molecular weight excluding hydrogens is 510 g/mol. The number of ether oxygens (including phenoxy) is 2. The van der Waals surface area contributed by atoms with E-state index in [1.54, 1.807) is 13.1 Å². The summed E-state index contributed by atoms with van der Waals surface area (Å²) in [4.78, 5) is 4.23. The molecule has 0 spiro atoms. The zero-order valence-electron chi connectivity index (χ0n) is 17.3. The lowest BCUT2D eigenvalue weighted by Gasteiger charge is -2.43. The van der Waals surface area contributed by atoms with Crippen LogP contribution < -0.4 is 10.6 Å². The summed E-state index contributed by atoms with van der Waals surface area (Å²) >= 11 is 0. The minimum Gasteiger partial charge on any atom is -0.379 e. The zero-order valence-corrected chi connectivity index (χ0v) is 19.6. The van der Waals surface area contributed by atoms with Crippen LogP contribution in [0.3, 0.4) is 0 Å². The smallest absolute Gasteiger partial charge is 0.379 e. The van der Waals surface area contributed by atoms with Crippen LogP contribution in [0.25, 0.3) is 0 Å². The van der Waals surface area contributed by atoms with E-state index in [2.05, 4.69) is 15.6 Å². The molecule has 0 radical (unpaired) electrons. The first-order chi connectivity index (χ1) is 13.9. The predicted molar refractivity (Wildman–Crippen MR) is 122 cm³/mol. The van der Waals surface area contributed by atoms with Gasteiger partial charge < -0.3 is 20.1 Å². The molecule has 5 nitrogen and oxygen atoms in total. The van der Waals surface area contributed by atoms with Gasteiger partial charge in [0.1, 0.15) is 0 Å². The fraction of sp³-hybridized carbons (Fsp3) is 0.667. The number of benzene rings is 1. The molecule has 1 saturated heterocycles. The highest BCUT2D eigenvalue weighted by molar-refractivity contribution is 14.0. The summed E-state index contributed by atoms with van der Waals surface area (Å²) in [5.41, 5.74) is -0.116.